The molecular weight excluding hydrogens is 326 g/mol. The van der Waals surface area contributed by atoms with Crippen LogP contribution < -0.4 is 14.8 Å². The fourth-order valence-electron chi connectivity index (χ4n) is 2.79. The number of amides is 1. The summed E-state index contributed by atoms with van der Waals surface area (Å²) in [5.41, 5.74) is 1.14. The second-order valence-electron chi connectivity index (χ2n) is 6.66. The first kappa shape index (κ1) is 15.4. The fraction of sp³-hybridized carbons (Fsp3) is 0.471. The Balaban J connectivity index is 1.42. The highest BCUT2D eigenvalue weighted by Crippen LogP contribution is 2.46. The molecule has 1 aliphatic heterocycles. The molecule has 1 amide bonds. The summed E-state index contributed by atoms with van der Waals surface area (Å²) >= 11 is 1.25. The number of rotatable bonds is 4. The van der Waals surface area contributed by atoms with Crippen molar-refractivity contribution < 1.29 is 14.3 Å². The third kappa shape index (κ3) is 2.84. The first-order valence-electron chi connectivity index (χ1n) is 8.02. The molecule has 0 bridgehead atoms. The number of hydrogen-bond donors (Lipinski definition) is 1. The lowest BCUT2D eigenvalue weighted by Crippen LogP contribution is -2.32. The number of aromatic nitrogens is 2. The number of carbonyl (C=O) groups excluding carboxylic acids is 1. The van der Waals surface area contributed by atoms with Crippen molar-refractivity contribution in [2.45, 2.75) is 31.6 Å². The van der Waals surface area contributed by atoms with Crippen LogP contribution in [0.1, 0.15) is 31.2 Å². The Bertz CT molecular complexity index is 785. The van der Waals surface area contributed by atoms with Crippen molar-refractivity contribution in [2.24, 2.45) is 5.92 Å². The normalized spacial score (nSPS) is 20.7. The lowest BCUT2D eigenvalue weighted by Gasteiger charge is -2.24. The van der Waals surface area contributed by atoms with Crippen LogP contribution in [0.15, 0.2) is 18.2 Å². The SMILES string of the molecule is COc1ccc2c(c1)OCC(C(=O)Nc1nc(C3(C)CC3)ns1)C2. The molecule has 1 aliphatic carbocycles. The van der Waals surface area contributed by atoms with Gasteiger partial charge in [0.2, 0.25) is 11.0 Å². The van der Waals surface area contributed by atoms with Gasteiger partial charge in [-0.15, -0.1) is 0 Å². The van der Waals surface area contributed by atoms with E-state index in [2.05, 4.69) is 21.6 Å². The van der Waals surface area contributed by atoms with E-state index in [1.807, 2.05) is 18.2 Å². The summed E-state index contributed by atoms with van der Waals surface area (Å²) < 4.78 is 15.3. The molecule has 1 unspecified atom stereocenters. The van der Waals surface area contributed by atoms with E-state index < -0.39 is 0 Å². The van der Waals surface area contributed by atoms with Crippen molar-refractivity contribution in [1.82, 2.24) is 9.36 Å². The lowest BCUT2D eigenvalue weighted by atomic mass is 9.96. The van der Waals surface area contributed by atoms with Gasteiger partial charge in [-0.05, 0) is 30.9 Å². The summed E-state index contributed by atoms with van der Waals surface area (Å²) in [6.45, 7) is 2.51. The molecule has 126 valence electrons. The molecule has 6 nitrogen and oxygen atoms in total. The smallest absolute Gasteiger partial charge is 0.233 e. The largest absolute Gasteiger partial charge is 0.497 e. The molecule has 1 aromatic carbocycles. The van der Waals surface area contributed by atoms with Crippen LogP contribution in [0.2, 0.25) is 0 Å². The second kappa shape index (κ2) is 5.73. The highest BCUT2D eigenvalue weighted by Gasteiger charge is 2.43. The van der Waals surface area contributed by atoms with E-state index >= 15 is 0 Å². The van der Waals surface area contributed by atoms with Crippen LogP contribution in [0.25, 0.3) is 0 Å². The Morgan fingerprint density at radius 2 is 2.29 bits per heavy atom. The molecule has 0 radical (unpaired) electrons. The van der Waals surface area contributed by atoms with Crippen molar-refractivity contribution in [1.29, 1.82) is 0 Å². The molecule has 2 aromatic rings. The van der Waals surface area contributed by atoms with Gasteiger partial charge in [0, 0.05) is 23.0 Å². The van der Waals surface area contributed by atoms with E-state index in [4.69, 9.17) is 9.47 Å². The van der Waals surface area contributed by atoms with Gasteiger partial charge in [-0.2, -0.15) is 4.37 Å². The van der Waals surface area contributed by atoms with E-state index in [1.165, 1.54) is 11.5 Å². The van der Waals surface area contributed by atoms with Crippen molar-refractivity contribution in [3.8, 4) is 11.5 Å². The molecule has 7 heteroatoms. The van der Waals surface area contributed by atoms with E-state index in [0.717, 1.165) is 35.7 Å². The zero-order valence-corrected chi connectivity index (χ0v) is 14.5. The number of benzene rings is 1. The third-order valence-corrected chi connectivity index (χ3v) is 5.38. The van der Waals surface area contributed by atoms with E-state index in [1.54, 1.807) is 7.11 Å². The molecule has 2 heterocycles. The summed E-state index contributed by atoms with van der Waals surface area (Å²) in [7, 11) is 1.62. The Labute approximate surface area is 144 Å². The highest BCUT2D eigenvalue weighted by molar-refractivity contribution is 7.09. The monoisotopic (exact) mass is 345 g/mol. The van der Waals surface area contributed by atoms with Gasteiger partial charge in [-0.3, -0.25) is 4.79 Å². The van der Waals surface area contributed by atoms with Gasteiger partial charge >= 0.3 is 0 Å². The van der Waals surface area contributed by atoms with Crippen molar-refractivity contribution in [3.63, 3.8) is 0 Å². The number of nitrogens with zero attached hydrogens (tertiary/aromatic N) is 2. The van der Waals surface area contributed by atoms with Crippen molar-refractivity contribution in [2.75, 3.05) is 19.0 Å². The maximum absolute atomic E-state index is 12.5. The van der Waals surface area contributed by atoms with Crippen LogP contribution in [-0.2, 0) is 16.6 Å². The van der Waals surface area contributed by atoms with Crippen LogP contribution in [-0.4, -0.2) is 29.0 Å². The predicted molar refractivity (Wildman–Crippen MR) is 90.8 cm³/mol. The molecule has 1 aromatic heterocycles. The summed E-state index contributed by atoms with van der Waals surface area (Å²) in [5, 5.41) is 3.46. The predicted octanol–water partition coefficient (Wildman–Crippen LogP) is 2.79. The molecular formula is C17H19N3O3S. The summed E-state index contributed by atoms with van der Waals surface area (Å²) in [6.07, 6.45) is 2.89. The maximum atomic E-state index is 12.5. The summed E-state index contributed by atoms with van der Waals surface area (Å²) in [5.74, 6) is 2.10. The number of anilines is 1. The van der Waals surface area contributed by atoms with Gasteiger partial charge in [0.05, 0.1) is 13.0 Å². The van der Waals surface area contributed by atoms with Crippen LogP contribution >= 0.6 is 11.5 Å². The molecule has 1 saturated carbocycles. The zero-order chi connectivity index (χ0) is 16.7. The Kier molecular flexibility index (Phi) is 3.68. The van der Waals surface area contributed by atoms with Gasteiger partial charge < -0.3 is 14.8 Å². The van der Waals surface area contributed by atoms with Gasteiger partial charge in [0.15, 0.2) is 5.82 Å². The van der Waals surface area contributed by atoms with Gasteiger partial charge in [-0.25, -0.2) is 4.98 Å². The molecule has 0 spiro atoms. The van der Waals surface area contributed by atoms with Crippen LogP contribution in [0, 0.1) is 5.92 Å². The fourth-order valence-corrected chi connectivity index (χ4v) is 3.49. The van der Waals surface area contributed by atoms with Gasteiger partial charge in [0.25, 0.3) is 0 Å². The summed E-state index contributed by atoms with van der Waals surface area (Å²) in [4.78, 5) is 17.0. The maximum Gasteiger partial charge on any atom is 0.233 e. The minimum absolute atomic E-state index is 0.0693. The Morgan fingerprint density at radius 3 is 3.04 bits per heavy atom. The second-order valence-corrected chi connectivity index (χ2v) is 7.41. The first-order chi connectivity index (χ1) is 11.6. The van der Waals surface area contributed by atoms with Crippen molar-refractivity contribution in [3.05, 3.63) is 29.6 Å². The van der Waals surface area contributed by atoms with Crippen LogP contribution in [0.4, 0.5) is 5.13 Å². The summed E-state index contributed by atoms with van der Waals surface area (Å²) in [6, 6.07) is 5.69. The zero-order valence-electron chi connectivity index (χ0n) is 13.7. The van der Waals surface area contributed by atoms with Gasteiger partial charge in [-0.1, -0.05) is 13.0 Å². The van der Waals surface area contributed by atoms with E-state index in [9.17, 15) is 4.79 Å². The first-order valence-corrected chi connectivity index (χ1v) is 8.79. The highest BCUT2D eigenvalue weighted by atomic mass is 32.1. The molecule has 24 heavy (non-hydrogen) atoms. The Morgan fingerprint density at radius 1 is 1.46 bits per heavy atom. The number of ether oxygens (including phenoxy) is 2. The molecule has 1 N–H and O–H groups in total. The Hall–Kier alpha value is -2.15. The molecule has 4 rings (SSSR count). The number of fused-ring (bicyclic) bond motifs is 1. The van der Waals surface area contributed by atoms with Crippen LogP contribution in [0.3, 0.4) is 0 Å². The quantitative estimate of drug-likeness (QED) is 0.922. The van der Waals surface area contributed by atoms with E-state index in [0.29, 0.717) is 18.2 Å². The molecule has 1 atom stereocenters. The number of methoxy groups -OCH3 is 1. The molecule has 2 aliphatic rings. The number of carbonyl (C=O) groups is 1. The molecule has 0 saturated heterocycles. The van der Waals surface area contributed by atoms with Gasteiger partial charge in [0.1, 0.15) is 18.1 Å². The third-order valence-electron chi connectivity index (χ3n) is 4.75. The minimum Gasteiger partial charge on any atom is -0.497 e. The number of nitrogens with one attached hydrogen (secondary N) is 1. The molecule has 1 fully saturated rings. The van der Waals surface area contributed by atoms with E-state index in [-0.39, 0.29) is 17.2 Å². The minimum atomic E-state index is -0.227. The standard InChI is InChI=1S/C17H19N3O3S/c1-17(5-6-17)15-19-16(24-20-15)18-14(21)11-7-10-3-4-12(22-2)8-13(10)23-9-11/h3-4,8,11H,5-7,9H2,1-2H3,(H,18,19,20,21). The van der Waals surface area contributed by atoms with Crippen LogP contribution in [0.5, 0.6) is 11.5 Å². The topological polar surface area (TPSA) is 73.3 Å². The lowest BCUT2D eigenvalue weighted by molar-refractivity contribution is -0.121. The number of hydrogen-bond acceptors (Lipinski definition) is 6. The van der Waals surface area contributed by atoms with Crippen molar-refractivity contribution >= 4 is 22.6 Å². The average molecular weight is 345 g/mol. The average Bonchev–Trinajstić information content (AvgIpc) is 3.17.